The molecular weight excluding hydrogens is 314 g/mol. The number of halogens is 1. The van der Waals surface area contributed by atoms with Crippen LogP contribution < -0.4 is 5.32 Å². The van der Waals surface area contributed by atoms with Crippen molar-refractivity contribution in [3.05, 3.63) is 66.2 Å². The largest absolute Gasteiger partial charge is 0.504 e. The van der Waals surface area contributed by atoms with Crippen LogP contribution in [0.3, 0.4) is 0 Å². The van der Waals surface area contributed by atoms with Crippen molar-refractivity contribution in [3.63, 3.8) is 0 Å². The molecule has 118 valence electrons. The maximum absolute atomic E-state index is 12.2. The molecule has 0 radical (unpaired) electrons. The van der Waals surface area contributed by atoms with E-state index >= 15 is 0 Å². The lowest BCUT2D eigenvalue weighted by molar-refractivity contribution is 0.101. The van der Waals surface area contributed by atoms with Crippen molar-refractivity contribution in [1.82, 2.24) is 0 Å². The maximum atomic E-state index is 12.2. The highest BCUT2D eigenvalue weighted by atomic mass is 35.5. The van der Waals surface area contributed by atoms with Crippen LogP contribution in [0.4, 0.5) is 5.69 Å². The molecule has 0 fully saturated rings. The molecule has 0 saturated carbocycles. The monoisotopic (exact) mass is 329 g/mol. The standard InChI is InChI=1S/C18H15NO3.ClH/c20-16-9-12-6-7-13(8-14(12)10-17(16)21)18(22)11-19-15-4-2-1-3-5-15;/h1-10,19-21H,11H2;1H. The van der Waals surface area contributed by atoms with Gasteiger partial charge in [-0.15, -0.1) is 12.4 Å². The normalized spacial score (nSPS) is 10.1. The van der Waals surface area contributed by atoms with Crippen LogP contribution in [0, 0.1) is 0 Å². The number of nitrogens with one attached hydrogen (secondary N) is 1. The van der Waals surface area contributed by atoms with E-state index in [1.807, 2.05) is 30.3 Å². The van der Waals surface area contributed by atoms with Crippen LogP contribution in [-0.2, 0) is 0 Å². The first kappa shape index (κ1) is 16.6. The summed E-state index contributed by atoms with van der Waals surface area (Å²) in [5.74, 6) is -0.407. The average Bonchev–Trinajstić information content (AvgIpc) is 2.54. The number of hydrogen-bond acceptors (Lipinski definition) is 4. The summed E-state index contributed by atoms with van der Waals surface area (Å²) in [5, 5.41) is 23.6. The van der Waals surface area contributed by atoms with Crippen LogP contribution in [0.15, 0.2) is 60.7 Å². The predicted molar refractivity (Wildman–Crippen MR) is 93.8 cm³/mol. The van der Waals surface area contributed by atoms with Gasteiger partial charge in [-0.1, -0.05) is 30.3 Å². The zero-order valence-corrected chi connectivity index (χ0v) is 13.0. The maximum Gasteiger partial charge on any atom is 0.181 e. The molecule has 3 aromatic rings. The molecular formula is C18H16ClNO3. The topological polar surface area (TPSA) is 69.6 Å². The van der Waals surface area contributed by atoms with Gasteiger partial charge in [0.1, 0.15) is 0 Å². The molecule has 0 atom stereocenters. The average molecular weight is 330 g/mol. The molecule has 0 aliphatic rings. The van der Waals surface area contributed by atoms with Gasteiger partial charge >= 0.3 is 0 Å². The Morgan fingerprint density at radius 1 is 0.870 bits per heavy atom. The summed E-state index contributed by atoms with van der Waals surface area (Å²) in [5.41, 5.74) is 1.44. The SMILES string of the molecule is Cl.O=C(CNc1ccccc1)c1ccc2cc(O)c(O)cc2c1. The number of hydrogen-bond donors (Lipinski definition) is 3. The van der Waals surface area contributed by atoms with Gasteiger partial charge in [0.2, 0.25) is 0 Å². The van der Waals surface area contributed by atoms with Gasteiger partial charge in [0.25, 0.3) is 0 Å². The molecule has 5 heteroatoms. The Hall–Kier alpha value is -2.72. The van der Waals surface area contributed by atoms with Crippen molar-refractivity contribution in [1.29, 1.82) is 0 Å². The number of fused-ring (bicyclic) bond motifs is 1. The van der Waals surface area contributed by atoms with Crippen molar-refractivity contribution >= 4 is 34.7 Å². The zero-order valence-electron chi connectivity index (χ0n) is 12.2. The Kier molecular flexibility index (Phi) is 5.09. The van der Waals surface area contributed by atoms with Crippen molar-refractivity contribution in [3.8, 4) is 11.5 Å². The fraction of sp³-hybridized carbons (Fsp3) is 0.0556. The molecule has 3 N–H and O–H groups in total. The van der Waals surface area contributed by atoms with E-state index in [9.17, 15) is 15.0 Å². The molecule has 0 amide bonds. The molecule has 3 rings (SSSR count). The molecule has 0 aliphatic heterocycles. The number of rotatable bonds is 4. The zero-order chi connectivity index (χ0) is 15.5. The van der Waals surface area contributed by atoms with Gasteiger partial charge in [-0.25, -0.2) is 0 Å². The van der Waals surface area contributed by atoms with Gasteiger partial charge in [0.05, 0.1) is 6.54 Å². The second-order valence-electron chi connectivity index (χ2n) is 5.05. The van der Waals surface area contributed by atoms with Crippen LogP contribution in [0.2, 0.25) is 0 Å². The number of benzene rings is 3. The minimum atomic E-state index is -0.195. The van der Waals surface area contributed by atoms with Gasteiger partial charge in [-0.05, 0) is 41.1 Å². The molecule has 0 saturated heterocycles. The first-order valence-electron chi connectivity index (χ1n) is 6.91. The van der Waals surface area contributed by atoms with E-state index in [4.69, 9.17) is 0 Å². The third kappa shape index (κ3) is 3.73. The smallest absolute Gasteiger partial charge is 0.181 e. The van der Waals surface area contributed by atoms with Crippen LogP contribution >= 0.6 is 12.4 Å². The lowest BCUT2D eigenvalue weighted by Gasteiger charge is -2.07. The number of para-hydroxylation sites is 1. The number of aromatic hydroxyl groups is 2. The highest BCUT2D eigenvalue weighted by molar-refractivity contribution is 6.02. The highest BCUT2D eigenvalue weighted by Gasteiger charge is 2.08. The molecule has 0 aromatic heterocycles. The third-order valence-corrected chi connectivity index (χ3v) is 3.48. The Labute approximate surface area is 139 Å². The number of Topliss-reactive ketones (excluding diaryl/α,β-unsaturated/α-hetero) is 1. The van der Waals surface area contributed by atoms with E-state index in [1.54, 1.807) is 18.2 Å². The molecule has 23 heavy (non-hydrogen) atoms. The van der Waals surface area contributed by atoms with E-state index in [1.165, 1.54) is 12.1 Å². The number of phenolic OH excluding ortho intramolecular Hbond substituents is 2. The number of carbonyl (C=O) groups excluding carboxylic acids is 1. The summed E-state index contributed by atoms with van der Waals surface area (Å²) >= 11 is 0. The van der Waals surface area contributed by atoms with E-state index < -0.39 is 0 Å². The van der Waals surface area contributed by atoms with Crippen LogP contribution in [-0.4, -0.2) is 22.5 Å². The summed E-state index contributed by atoms with van der Waals surface area (Å²) in [6.45, 7) is 0.194. The molecule has 0 unspecified atom stereocenters. The van der Waals surface area contributed by atoms with Crippen molar-refractivity contribution in [2.24, 2.45) is 0 Å². The van der Waals surface area contributed by atoms with E-state index in [0.29, 0.717) is 10.9 Å². The highest BCUT2D eigenvalue weighted by Crippen LogP contribution is 2.30. The minimum absolute atomic E-state index is 0. The summed E-state index contributed by atoms with van der Waals surface area (Å²) in [7, 11) is 0. The quantitative estimate of drug-likeness (QED) is 0.500. The van der Waals surface area contributed by atoms with Gasteiger partial charge in [-0.2, -0.15) is 0 Å². The van der Waals surface area contributed by atoms with Crippen molar-refractivity contribution in [2.45, 2.75) is 0 Å². The van der Waals surface area contributed by atoms with E-state index in [2.05, 4.69) is 5.32 Å². The Balaban J connectivity index is 0.00000192. The lowest BCUT2D eigenvalue weighted by atomic mass is 10.0. The van der Waals surface area contributed by atoms with Crippen molar-refractivity contribution < 1.29 is 15.0 Å². The third-order valence-electron chi connectivity index (χ3n) is 3.48. The molecule has 0 spiro atoms. The molecule has 0 heterocycles. The summed E-state index contributed by atoms with van der Waals surface area (Å²) < 4.78 is 0. The summed E-state index contributed by atoms with van der Waals surface area (Å²) in [6, 6.07) is 17.6. The first-order chi connectivity index (χ1) is 10.6. The fourth-order valence-corrected chi connectivity index (χ4v) is 2.29. The number of ketones is 1. The summed E-state index contributed by atoms with van der Waals surface area (Å²) in [4.78, 5) is 12.2. The fourth-order valence-electron chi connectivity index (χ4n) is 2.29. The van der Waals surface area contributed by atoms with Gasteiger partial charge in [0, 0.05) is 11.3 Å². The number of phenols is 2. The molecule has 4 nitrogen and oxygen atoms in total. The minimum Gasteiger partial charge on any atom is -0.504 e. The van der Waals surface area contributed by atoms with Crippen LogP contribution in [0.5, 0.6) is 11.5 Å². The summed E-state index contributed by atoms with van der Waals surface area (Å²) in [6.07, 6.45) is 0. The number of carbonyl (C=O) groups is 1. The first-order valence-corrected chi connectivity index (χ1v) is 6.91. The van der Waals surface area contributed by atoms with Gasteiger partial charge in [0.15, 0.2) is 17.3 Å². The predicted octanol–water partition coefficient (Wildman–Crippen LogP) is 3.97. The lowest BCUT2D eigenvalue weighted by Crippen LogP contribution is -2.13. The molecule has 0 bridgehead atoms. The second-order valence-corrected chi connectivity index (χ2v) is 5.05. The Bertz CT molecular complexity index is 834. The van der Waals surface area contributed by atoms with Crippen LogP contribution in [0.1, 0.15) is 10.4 Å². The Morgan fingerprint density at radius 2 is 1.52 bits per heavy atom. The van der Waals surface area contributed by atoms with Crippen molar-refractivity contribution in [2.75, 3.05) is 11.9 Å². The van der Waals surface area contributed by atoms with Crippen LogP contribution in [0.25, 0.3) is 10.8 Å². The van der Waals surface area contributed by atoms with Gasteiger partial charge in [-0.3, -0.25) is 4.79 Å². The van der Waals surface area contributed by atoms with E-state index in [0.717, 1.165) is 11.1 Å². The van der Waals surface area contributed by atoms with E-state index in [-0.39, 0.29) is 36.2 Å². The second kappa shape index (κ2) is 7.03. The molecule has 0 aliphatic carbocycles. The number of anilines is 1. The Morgan fingerprint density at radius 3 is 2.22 bits per heavy atom. The molecule has 3 aromatic carbocycles. The van der Waals surface area contributed by atoms with Gasteiger partial charge < -0.3 is 15.5 Å².